The highest BCUT2D eigenvalue weighted by atomic mass is 16.4. The number of hydrogen-bond acceptors (Lipinski definition) is 3. The summed E-state index contributed by atoms with van der Waals surface area (Å²) in [5, 5.41) is 17.5. The van der Waals surface area contributed by atoms with Crippen molar-refractivity contribution in [2.45, 2.75) is 13.0 Å². The van der Waals surface area contributed by atoms with Crippen molar-refractivity contribution >= 4 is 6.09 Å². The van der Waals surface area contributed by atoms with E-state index in [4.69, 9.17) is 10.4 Å². The number of rotatable bonds is 0. The third-order valence-corrected chi connectivity index (χ3v) is 2.43. The van der Waals surface area contributed by atoms with Gasteiger partial charge in [0.2, 0.25) is 0 Å². The number of pyridine rings is 1. The normalized spacial score (nSPS) is 14.2. The van der Waals surface area contributed by atoms with Gasteiger partial charge in [-0.2, -0.15) is 5.26 Å². The molecule has 1 aliphatic rings. The maximum absolute atomic E-state index is 10.7. The first-order chi connectivity index (χ1) is 7.20. The lowest BCUT2D eigenvalue weighted by Gasteiger charge is -2.25. The first-order valence-corrected chi connectivity index (χ1v) is 4.57. The van der Waals surface area contributed by atoms with E-state index in [-0.39, 0.29) is 0 Å². The van der Waals surface area contributed by atoms with E-state index in [0.29, 0.717) is 25.2 Å². The smallest absolute Gasteiger partial charge is 0.407 e. The lowest BCUT2D eigenvalue weighted by Crippen LogP contribution is -2.35. The maximum Gasteiger partial charge on any atom is 0.407 e. The Labute approximate surface area is 86.6 Å². The van der Waals surface area contributed by atoms with Gasteiger partial charge in [-0.05, 0) is 11.6 Å². The summed E-state index contributed by atoms with van der Waals surface area (Å²) in [7, 11) is 0. The molecule has 5 heteroatoms. The van der Waals surface area contributed by atoms with Crippen molar-refractivity contribution in [2.24, 2.45) is 0 Å². The lowest BCUT2D eigenvalue weighted by molar-refractivity contribution is 0.139. The predicted octanol–water partition coefficient (Wildman–Crippen LogP) is 0.989. The molecule has 1 aromatic heterocycles. The lowest BCUT2D eigenvalue weighted by atomic mass is 10.1. The van der Waals surface area contributed by atoms with Gasteiger partial charge in [-0.1, -0.05) is 6.07 Å². The molecule has 0 radical (unpaired) electrons. The summed E-state index contributed by atoms with van der Waals surface area (Å²) in [5.41, 5.74) is 2.12. The molecule has 0 atom stereocenters. The van der Waals surface area contributed by atoms with Crippen LogP contribution in [0.1, 0.15) is 17.0 Å². The number of fused-ring (bicyclic) bond motifs is 1. The summed E-state index contributed by atoms with van der Waals surface area (Å²) in [6, 6.07) is 5.36. The van der Waals surface area contributed by atoms with Gasteiger partial charge in [-0.15, -0.1) is 0 Å². The fourth-order valence-electron chi connectivity index (χ4n) is 1.64. The van der Waals surface area contributed by atoms with Gasteiger partial charge in [-0.3, -0.25) is 0 Å². The van der Waals surface area contributed by atoms with Crippen molar-refractivity contribution in [1.82, 2.24) is 9.88 Å². The molecule has 1 N–H and O–H groups in total. The third-order valence-electron chi connectivity index (χ3n) is 2.43. The van der Waals surface area contributed by atoms with Crippen LogP contribution in [-0.2, 0) is 13.0 Å². The Kier molecular flexibility index (Phi) is 2.26. The van der Waals surface area contributed by atoms with E-state index in [1.165, 1.54) is 4.90 Å². The third kappa shape index (κ3) is 1.74. The monoisotopic (exact) mass is 203 g/mol. The zero-order valence-electron chi connectivity index (χ0n) is 7.97. The fraction of sp³-hybridized carbons (Fsp3) is 0.300. The molecule has 0 fully saturated rings. The molecule has 76 valence electrons. The summed E-state index contributed by atoms with van der Waals surface area (Å²) in [5.74, 6) is 0. The van der Waals surface area contributed by atoms with Crippen molar-refractivity contribution in [3.05, 3.63) is 29.1 Å². The molecular weight excluding hydrogens is 194 g/mol. The van der Waals surface area contributed by atoms with Crippen LogP contribution in [0.2, 0.25) is 0 Å². The molecule has 1 amide bonds. The quantitative estimate of drug-likeness (QED) is 0.682. The van der Waals surface area contributed by atoms with Crippen LogP contribution >= 0.6 is 0 Å². The number of carboxylic acid groups (broad SMARTS) is 1. The first-order valence-electron chi connectivity index (χ1n) is 4.57. The zero-order chi connectivity index (χ0) is 10.8. The number of amides is 1. The molecule has 0 saturated heterocycles. The van der Waals surface area contributed by atoms with Gasteiger partial charge in [-0.25, -0.2) is 9.78 Å². The van der Waals surface area contributed by atoms with Crippen LogP contribution in [0, 0.1) is 11.3 Å². The minimum absolute atomic E-state index is 0.364. The number of nitrogens with zero attached hydrogens (tertiary/aromatic N) is 3. The fourth-order valence-corrected chi connectivity index (χ4v) is 1.64. The van der Waals surface area contributed by atoms with Crippen molar-refractivity contribution in [3.63, 3.8) is 0 Å². The Morgan fingerprint density at radius 2 is 2.40 bits per heavy atom. The second-order valence-corrected chi connectivity index (χ2v) is 3.37. The van der Waals surface area contributed by atoms with Crippen molar-refractivity contribution < 1.29 is 9.90 Å². The molecule has 0 spiro atoms. The number of aromatic nitrogens is 1. The van der Waals surface area contributed by atoms with Crippen molar-refractivity contribution in [3.8, 4) is 6.07 Å². The zero-order valence-corrected chi connectivity index (χ0v) is 7.97. The molecule has 1 aliphatic heterocycles. The molecule has 1 aromatic rings. The van der Waals surface area contributed by atoms with Crippen LogP contribution in [-0.4, -0.2) is 27.6 Å². The first kappa shape index (κ1) is 9.46. The maximum atomic E-state index is 10.7. The molecule has 0 saturated carbocycles. The average molecular weight is 203 g/mol. The molecule has 0 aromatic carbocycles. The summed E-state index contributed by atoms with van der Waals surface area (Å²) < 4.78 is 0. The van der Waals surface area contributed by atoms with E-state index < -0.39 is 6.09 Å². The molecule has 15 heavy (non-hydrogen) atoms. The SMILES string of the molecule is N#Cc1ccc2c(n1)CCN(C(=O)O)C2. The van der Waals surface area contributed by atoms with E-state index >= 15 is 0 Å². The second kappa shape index (κ2) is 3.58. The van der Waals surface area contributed by atoms with E-state index in [2.05, 4.69) is 4.98 Å². The van der Waals surface area contributed by atoms with Gasteiger partial charge in [0.1, 0.15) is 11.8 Å². The van der Waals surface area contributed by atoms with Crippen LogP contribution in [0.4, 0.5) is 4.79 Å². The van der Waals surface area contributed by atoms with E-state index in [9.17, 15) is 4.79 Å². The Balaban J connectivity index is 2.29. The van der Waals surface area contributed by atoms with Gasteiger partial charge < -0.3 is 10.0 Å². The molecule has 0 unspecified atom stereocenters. The van der Waals surface area contributed by atoms with E-state index in [1.54, 1.807) is 12.1 Å². The molecule has 0 aliphatic carbocycles. The molecular formula is C10H9N3O2. The van der Waals surface area contributed by atoms with Gasteiger partial charge in [0.05, 0.1) is 6.54 Å². The van der Waals surface area contributed by atoms with Crippen LogP contribution in [0.3, 0.4) is 0 Å². The highest BCUT2D eigenvalue weighted by Crippen LogP contribution is 2.17. The summed E-state index contributed by atoms with van der Waals surface area (Å²) in [6.45, 7) is 0.813. The minimum Gasteiger partial charge on any atom is -0.465 e. The largest absolute Gasteiger partial charge is 0.465 e. The summed E-state index contributed by atoms with van der Waals surface area (Å²) in [4.78, 5) is 16.2. The van der Waals surface area contributed by atoms with Gasteiger partial charge in [0, 0.05) is 18.7 Å². The average Bonchev–Trinajstić information content (AvgIpc) is 2.27. The summed E-state index contributed by atoms with van der Waals surface area (Å²) in [6.07, 6.45) is -0.332. The standard InChI is InChI=1S/C10H9N3O2/c11-5-8-2-1-7-6-13(10(14)15)4-3-9(7)12-8/h1-2H,3-4,6H2,(H,14,15). The van der Waals surface area contributed by atoms with Crippen molar-refractivity contribution in [1.29, 1.82) is 5.26 Å². The number of carbonyl (C=O) groups is 1. The topological polar surface area (TPSA) is 77.2 Å². The van der Waals surface area contributed by atoms with Gasteiger partial charge in [0.15, 0.2) is 0 Å². The van der Waals surface area contributed by atoms with Crippen LogP contribution in [0.5, 0.6) is 0 Å². The molecule has 2 heterocycles. The van der Waals surface area contributed by atoms with Crippen LogP contribution in [0.25, 0.3) is 0 Å². The molecule has 2 rings (SSSR count). The molecule has 5 nitrogen and oxygen atoms in total. The Bertz CT molecular complexity index is 450. The van der Waals surface area contributed by atoms with E-state index in [1.807, 2.05) is 6.07 Å². The number of hydrogen-bond donors (Lipinski definition) is 1. The van der Waals surface area contributed by atoms with E-state index in [0.717, 1.165) is 11.3 Å². The molecule has 0 bridgehead atoms. The summed E-state index contributed by atoms with van der Waals surface area (Å²) >= 11 is 0. The van der Waals surface area contributed by atoms with Crippen molar-refractivity contribution in [2.75, 3.05) is 6.54 Å². The Morgan fingerprint density at radius 3 is 3.07 bits per heavy atom. The highest BCUT2D eigenvalue weighted by Gasteiger charge is 2.20. The Morgan fingerprint density at radius 1 is 1.60 bits per heavy atom. The predicted molar refractivity (Wildman–Crippen MR) is 51.1 cm³/mol. The number of nitriles is 1. The van der Waals surface area contributed by atoms with Crippen LogP contribution < -0.4 is 0 Å². The highest BCUT2D eigenvalue weighted by molar-refractivity contribution is 5.65. The second-order valence-electron chi connectivity index (χ2n) is 3.37. The van der Waals surface area contributed by atoms with Crippen LogP contribution in [0.15, 0.2) is 12.1 Å². The Hall–Kier alpha value is -2.09. The van der Waals surface area contributed by atoms with Gasteiger partial charge >= 0.3 is 6.09 Å². The minimum atomic E-state index is -0.912. The van der Waals surface area contributed by atoms with Gasteiger partial charge in [0.25, 0.3) is 0 Å².